The predicted octanol–water partition coefficient (Wildman–Crippen LogP) is 2.52. The van der Waals surface area contributed by atoms with Crippen molar-refractivity contribution >= 4 is 20.0 Å². The van der Waals surface area contributed by atoms with Gasteiger partial charge < -0.3 is 4.13 Å². The lowest BCUT2D eigenvalue weighted by Crippen LogP contribution is -2.30. The van der Waals surface area contributed by atoms with E-state index in [9.17, 15) is 30.0 Å². The Morgan fingerprint density at radius 1 is 1.11 bits per heavy atom. The van der Waals surface area contributed by atoms with E-state index >= 15 is 0 Å². The fraction of sp³-hybridized carbons (Fsp3) is 0.467. The van der Waals surface area contributed by atoms with E-state index in [0.29, 0.717) is 0 Å². The van der Waals surface area contributed by atoms with Crippen molar-refractivity contribution in [2.45, 2.75) is 38.2 Å². The zero-order valence-corrected chi connectivity index (χ0v) is 16.9. The largest absolute Gasteiger partial charge is 0.480 e. The Kier molecular flexibility index (Phi) is 8.57. The lowest BCUT2D eigenvalue weighted by Gasteiger charge is -2.19. The van der Waals surface area contributed by atoms with Gasteiger partial charge in [0.25, 0.3) is 6.33 Å². The summed E-state index contributed by atoms with van der Waals surface area (Å²) in [4.78, 5) is 0. The number of para-hydroxylation sites is 1. The van der Waals surface area contributed by atoms with Gasteiger partial charge in [-0.15, -0.1) is 0 Å². The second kappa shape index (κ2) is 9.98. The average molecular weight is 442 g/mol. The van der Waals surface area contributed by atoms with E-state index < -0.39 is 25.6 Å². The van der Waals surface area contributed by atoms with Crippen LogP contribution in [-0.2, 0) is 26.6 Å². The number of hydrogen-bond acceptors (Lipinski definition) is 5. The van der Waals surface area contributed by atoms with Gasteiger partial charge in [0, 0.05) is 11.4 Å². The summed E-state index contributed by atoms with van der Waals surface area (Å²) in [6.07, 6.45) is 7.95. The summed E-state index contributed by atoms with van der Waals surface area (Å²) in [6.45, 7) is 3.28. The van der Waals surface area contributed by atoms with E-state index in [4.69, 9.17) is 0 Å². The van der Waals surface area contributed by atoms with Crippen molar-refractivity contribution in [3.05, 3.63) is 47.1 Å². The van der Waals surface area contributed by atoms with Crippen LogP contribution in [0.15, 0.2) is 43.0 Å². The molecule has 0 saturated heterocycles. The van der Waals surface area contributed by atoms with Crippen LogP contribution in [0, 0.1) is 0 Å². The number of hydrogen-bond donors (Lipinski definition) is 0. The van der Waals surface area contributed by atoms with Crippen molar-refractivity contribution in [3.8, 4) is 5.69 Å². The van der Waals surface area contributed by atoms with E-state index in [2.05, 4.69) is 28.7 Å². The molecular formula is C15H21F3N4O4S2. The van der Waals surface area contributed by atoms with Crippen LogP contribution >= 0.6 is 0 Å². The van der Waals surface area contributed by atoms with Crippen LogP contribution in [0.4, 0.5) is 13.2 Å². The van der Waals surface area contributed by atoms with E-state index in [1.165, 1.54) is 19.3 Å². The van der Waals surface area contributed by atoms with Crippen molar-refractivity contribution in [1.29, 1.82) is 0 Å². The summed E-state index contributed by atoms with van der Waals surface area (Å²) in [5, 5.41) is 4.34. The maximum absolute atomic E-state index is 11.4. The van der Waals surface area contributed by atoms with Crippen LogP contribution < -0.4 is 4.57 Å². The summed E-state index contributed by atoms with van der Waals surface area (Å²) in [5.41, 5.74) is -4.56. The Balaban J connectivity index is 0.000000295. The number of nitrogens with zero attached hydrogens (tertiary/aromatic N) is 4. The first-order valence-corrected chi connectivity index (χ1v) is 11.4. The molecule has 1 aromatic carbocycles. The summed E-state index contributed by atoms with van der Waals surface area (Å²) < 4.78 is 80.0. The molecule has 0 aliphatic heterocycles. The molecule has 28 heavy (non-hydrogen) atoms. The molecule has 1 aromatic heterocycles. The molecule has 13 heteroatoms. The third-order valence-corrected chi connectivity index (χ3v) is 5.60. The second-order valence-corrected chi connectivity index (χ2v) is 9.18. The standard InChI is InChI=1S/C13H18N3.C2H3F3NO4S2/c1-2-3-7-10-15-11-14-16(12-15)13-8-5-4-6-9-13;1-11(7,8)6-12(9,10)2(3,4)5/h4-6,8-9,11-12H,2-3,7,10H2,1H3;1H3/q+1;-1. The molecule has 0 radical (unpaired) electrons. The first kappa shape index (κ1) is 24.0. The van der Waals surface area contributed by atoms with Gasteiger partial charge in [0.1, 0.15) is 5.69 Å². The van der Waals surface area contributed by atoms with Gasteiger partial charge in [-0.05, 0) is 18.6 Å². The number of aryl methyl sites for hydroxylation is 1. The molecule has 1 heterocycles. The van der Waals surface area contributed by atoms with Gasteiger partial charge in [0.05, 0.1) is 16.6 Å². The molecule has 0 fully saturated rings. The number of sulfonamides is 2. The fourth-order valence-electron chi connectivity index (χ4n) is 1.92. The van der Waals surface area contributed by atoms with E-state index in [-0.39, 0.29) is 6.26 Å². The van der Waals surface area contributed by atoms with Crippen molar-refractivity contribution in [2.24, 2.45) is 0 Å². The van der Waals surface area contributed by atoms with E-state index in [0.717, 1.165) is 12.2 Å². The highest BCUT2D eigenvalue weighted by Gasteiger charge is 2.39. The van der Waals surface area contributed by atoms with Gasteiger partial charge in [-0.3, -0.25) is 0 Å². The summed E-state index contributed by atoms with van der Waals surface area (Å²) in [7, 11) is -10.5. The van der Waals surface area contributed by atoms with Crippen LogP contribution in [0.5, 0.6) is 0 Å². The van der Waals surface area contributed by atoms with Crippen LogP contribution in [0.1, 0.15) is 26.2 Å². The van der Waals surface area contributed by atoms with E-state index in [1.807, 2.05) is 35.5 Å². The lowest BCUT2D eigenvalue weighted by atomic mass is 10.2. The van der Waals surface area contributed by atoms with Gasteiger partial charge in [0.15, 0.2) is 10.0 Å². The highest BCUT2D eigenvalue weighted by Crippen LogP contribution is 2.29. The van der Waals surface area contributed by atoms with Gasteiger partial charge >= 0.3 is 5.51 Å². The summed E-state index contributed by atoms with van der Waals surface area (Å²) >= 11 is 0. The maximum Gasteiger partial charge on any atom is 0.480 e. The van der Waals surface area contributed by atoms with E-state index in [1.54, 1.807) is 4.13 Å². The fourth-order valence-corrected chi connectivity index (χ4v) is 3.68. The minimum absolute atomic E-state index is 0.246. The van der Waals surface area contributed by atoms with Crippen molar-refractivity contribution in [1.82, 2.24) is 9.78 Å². The minimum Gasteiger partial charge on any atom is -0.429 e. The molecular weight excluding hydrogens is 421 g/mol. The maximum atomic E-state index is 11.4. The number of benzene rings is 1. The smallest absolute Gasteiger partial charge is 0.429 e. The van der Waals surface area contributed by atoms with Gasteiger partial charge in [0.2, 0.25) is 6.33 Å². The lowest BCUT2D eigenvalue weighted by molar-refractivity contribution is -0.697. The zero-order valence-electron chi connectivity index (χ0n) is 15.2. The van der Waals surface area contributed by atoms with Crippen LogP contribution in [0.25, 0.3) is 9.81 Å². The van der Waals surface area contributed by atoms with Gasteiger partial charge in [-0.1, -0.05) is 42.6 Å². The number of unbranched alkanes of at least 4 members (excludes halogenated alkanes) is 2. The molecule has 0 aliphatic rings. The van der Waals surface area contributed by atoms with Crippen LogP contribution in [-0.4, -0.2) is 38.4 Å². The molecule has 158 valence electrons. The molecule has 0 bridgehead atoms. The highest BCUT2D eigenvalue weighted by molar-refractivity contribution is 8.12. The summed E-state index contributed by atoms with van der Waals surface area (Å²) in [5.74, 6) is 0. The molecule has 0 saturated carbocycles. The average Bonchev–Trinajstić information content (AvgIpc) is 3.02. The SMILES string of the molecule is CCCCC[n+]1cnn(-c2ccccc2)c1.CS(=O)(=O)[N-]S(=O)(=O)C(F)(F)F. The monoisotopic (exact) mass is 442 g/mol. The van der Waals surface area contributed by atoms with Crippen molar-refractivity contribution in [3.63, 3.8) is 0 Å². The molecule has 8 nitrogen and oxygen atoms in total. The molecule has 0 unspecified atom stereocenters. The van der Waals surface area contributed by atoms with Crippen LogP contribution in [0.2, 0.25) is 0 Å². The molecule has 0 aliphatic carbocycles. The van der Waals surface area contributed by atoms with Crippen LogP contribution in [0.3, 0.4) is 0 Å². The predicted molar refractivity (Wildman–Crippen MR) is 96.5 cm³/mol. The van der Waals surface area contributed by atoms with Crippen molar-refractivity contribution in [2.75, 3.05) is 6.26 Å². The topological polar surface area (TPSA) is 104 Å². The first-order valence-electron chi connectivity index (χ1n) is 8.10. The minimum atomic E-state index is -5.92. The normalized spacial score (nSPS) is 12.3. The number of aromatic nitrogens is 3. The molecule has 0 amide bonds. The molecule has 2 aromatic rings. The Morgan fingerprint density at radius 3 is 2.18 bits per heavy atom. The Morgan fingerprint density at radius 2 is 1.71 bits per heavy atom. The highest BCUT2D eigenvalue weighted by atomic mass is 32.3. The van der Waals surface area contributed by atoms with Gasteiger partial charge in [-0.2, -0.15) is 13.2 Å². The third kappa shape index (κ3) is 8.35. The Bertz CT molecular complexity index is 943. The zero-order chi connectivity index (χ0) is 21.4. The third-order valence-electron chi connectivity index (χ3n) is 3.15. The number of halogens is 3. The number of alkyl halides is 3. The first-order chi connectivity index (χ1) is 12.9. The Hall–Kier alpha value is -1.99. The van der Waals surface area contributed by atoms with Gasteiger partial charge in [-0.25, -0.2) is 21.4 Å². The molecule has 0 atom stereocenters. The Labute approximate surface area is 162 Å². The quantitative estimate of drug-likeness (QED) is 0.484. The summed E-state index contributed by atoms with van der Waals surface area (Å²) in [6, 6.07) is 10.2. The molecule has 0 spiro atoms. The molecule has 0 N–H and O–H groups in total. The number of rotatable bonds is 7. The van der Waals surface area contributed by atoms with Crippen molar-refractivity contribution < 1.29 is 34.6 Å². The molecule has 2 rings (SSSR count). The second-order valence-electron chi connectivity index (χ2n) is 5.70.